The Bertz CT molecular complexity index is 430. The average molecular weight is 219 g/mol. The van der Waals surface area contributed by atoms with Crippen molar-refractivity contribution in [2.24, 2.45) is 5.41 Å². The van der Waals surface area contributed by atoms with Crippen LogP contribution < -0.4 is 0 Å². The van der Waals surface area contributed by atoms with Crippen LogP contribution in [0.3, 0.4) is 0 Å². The summed E-state index contributed by atoms with van der Waals surface area (Å²) in [7, 11) is 0. The van der Waals surface area contributed by atoms with Crippen molar-refractivity contribution < 1.29 is 9.13 Å². The van der Waals surface area contributed by atoms with E-state index in [2.05, 4.69) is 6.07 Å². The SMILES string of the molecule is Cc1ccc(F)cc1CC1(C#N)CCOC1. The standard InChI is InChI=1S/C13H14FNO/c1-10-2-3-12(14)6-11(10)7-13(8-15)4-5-16-9-13/h2-3,6H,4-5,7,9H2,1H3. The molecule has 1 atom stereocenters. The van der Waals surface area contributed by atoms with Gasteiger partial charge in [-0.3, -0.25) is 0 Å². The van der Waals surface area contributed by atoms with Gasteiger partial charge in [0.15, 0.2) is 0 Å². The molecule has 1 aliphatic heterocycles. The van der Waals surface area contributed by atoms with Crippen molar-refractivity contribution in [3.05, 3.63) is 35.1 Å². The molecule has 2 nitrogen and oxygen atoms in total. The van der Waals surface area contributed by atoms with Crippen molar-refractivity contribution >= 4 is 0 Å². The number of hydrogen-bond acceptors (Lipinski definition) is 2. The monoisotopic (exact) mass is 219 g/mol. The minimum absolute atomic E-state index is 0.243. The number of aryl methyl sites for hydroxylation is 1. The Labute approximate surface area is 94.7 Å². The van der Waals surface area contributed by atoms with E-state index in [1.165, 1.54) is 12.1 Å². The van der Waals surface area contributed by atoms with Crippen LogP contribution in [0, 0.1) is 29.5 Å². The fraction of sp³-hybridized carbons (Fsp3) is 0.462. The second-order valence-corrected chi connectivity index (χ2v) is 4.44. The number of nitrogens with zero attached hydrogens (tertiary/aromatic N) is 1. The van der Waals surface area contributed by atoms with Crippen molar-refractivity contribution in [1.82, 2.24) is 0 Å². The van der Waals surface area contributed by atoms with E-state index >= 15 is 0 Å². The zero-order chi connectivity index (χ0) is 11.6. The number of nitriles is 1. The van der Waals surface area contributed by atoms with Crippen LogP contribution in [0.2, 0.25) is 0 Å². The summed E-state index contributed by atoms with van der Waals surface area (Å²) < 4.78 is 18.4. The predicted molar refractivity (Wildman–Crippen MR) is 58.3 cm³/mol. The van der Waals surface area contributed by atoms with Crippen LogP contribution in [0.25, 0.3) is 0 Å². The summed E-state index contributed by atoms with van der Waals surface area (Å²) in [5.74, 6) is -0.243. The molecule has 1 heterocycles. The molecule has 16 heavy (non-hydrogen) atoms. The molecule has 1 unspecified atom stereocenters. The highest BCUT2D eigenvalue weighted by Crippen LogP contribution is 2.32. The van der Waals surface area contributed by atoms with Crippen molar-refractivity contribution in [3.63, 3.8) is 0 Å². The molecule has 0 spiro atoms. The Morgan fingerprint density at radius 2 is 2.38 bits per heavy atom. The topological polar surface area (TPSA) is 33.0 Å². The largest absolute Gasteiger partial charge is 0.380 e. The van der Waals surface area contributed by atoms with E-state index < -0.39 is 5.41 Å². The van der Waals surface area contributed by atoms with Gasteiger partial charge in [0.05, 0.1) is 18.1 Å². The molecule has 1 saturated heterocycles. The van der Waals surface area contributed by atoms with Crippen LogP contribution in [0.4, 0.5) is 4.39 Å². The zero-order valence-corrected chi connectivity index (χ0v) is 9.29. The molecule has 3 heteroatoms. The minimum atomic E-state index is -0.460. The van der Waals surface area contributed by atoms with Gasteiger partial charge in [-0.2, -0.15) is 5.26 Å². The van der Waals surface area contributed by atoms with Crippen LogP contribution in [0.15, 0.2) is 18.2 Å². The number of rotatable bonds is 2. The first-order valence-corrected chi connectivity index (χ1v) is 5.39. The lowest BCUT2D eigenvalue weighted by Gasteiger charge is -2.19. The smallest absolute Gasteiger partial charge is 0.123 e. The molecule has 1 aromatic rings. The summed E-state index contributed by atoms with van der Waals surface area (Å²) >= 11 is 0. The lowest BCUT2D eigenvalue weighted by Crippen LogP contribution is -2.22. The maximum absolute atomic E-state index is 13.1. The zero-order valence-electron chi connectivity index (χ0n) is 9.29. The lowest BCUT2D eigenvalue weighted by atomic mass is 9.81. The highest BCUT2D eigenvalue weighted by Gasteiger charge is 2.35. The number of benzene rings is 1. The summed E-state index contributed by atoms with van der Waals surface area (Å²) in [6.45, 7) is 3.02. The molecule has 0 aliphatic carbocycles. The van der Waals surface area contributed by atoms with Gasteiger partial charge in [0.2, 0.25) is 0 Å². The molecular formula is C13H14FNO. The van der Waals surface area contributed by atoms with Crippen LogP contribution in [-0.2, 0) is 11.2 Å². The van der Waals surface area contributed by atoms with Crippen molar-refractivity contribution in [3.8, 4) is 6.07 Å². The van der Waals surface area contributed by atoms with E-state index in [1.54, 1.807) is 6.07 Å². The van der Waals surface area contributed by atoms with Gasteiger partial charge >= 0.3 is 0 Å². The summed E-state index contributed by atoms with van der Waals surface area (Å²) in [5, 5.41) is 9.21. The van der Waals surface area contributed by atoms with Crippen molar-refractivity contribution in [2.45, 2.75) is 19.8 Å². The van der Waals surface area contributed by atoms with Crippen molar-refractivity contribution in [2.75, 3.05) is 13.2 Å². The molecule has 84 valence electrons. The summed E-state index contributed by atoms with van der Waals surface area (Å²) in [4.78, 5) is 0. The molecule has 0 amide bonds. The second-order valence-electron chi connectivity index (χ2n) is 4.44. The molecular weight excluding hydrogens is 205 g/mol. The summed E-state index contributed by atoms with van der Waals surface area (Å²) in [6.07, 6.45) is 1.31. The molecule has 0 N–H and O–H groups in total. The van der Waals surface area contributed by atoms with Crippen LogP contribution >= 0.6 is 0 Å². The molecule has 1 aliphatic rings. The maximum atomic E-state index is 13.1. The molecule has 0 aromatic heterocycles. The number of hydrogen-bond donors (Lipinski definition) is 0. The first-order valence-electron chi connectivity index (χ1n) is 5.39. The fourth-order valence-electron chi connectivity index (χ4n) is 2.07. The van der Waals surface area contributed by atoms with E-state index in [4.69, 9.17) is 4.74 Å². The Morgan fingerprint density at radius 3 is 3.00 bits per heavy atom. The third kappa shape index (κ3) is 2.07. The minimum Gasteiger partial charge on any atom is -0.380 e. The van der Waals surface area contributed by atoms with E-state index in [0.717, 1.165) is 17.5 Å². The first-order chi connectivity index (χ1) is 7.65. The molecule has 1 fully saturated rings. The van der Waals surface area contributed by atoms with Gasteiger partial charge in [0, 0.05) is 6.61 Å². The van der Waals surface area contributed by atoms with E-state index in [0.29, 0.717) is 19.6 Å². The summed E-state index contributed by atoms with van der Waals surface area (Å²) in [5.41, 5.74) is 1.48. The average Bonchev–Trinajstić information content (AvgIpc) is 2.73. The number of halogens is 1. The van der Waals surface area contributed by atoms with E-state index in [9.17, 15) is 9.65 Å². The third-order valence-corrected chi connectivity index (χ3v) is 3.18. The summed E-state index contributed by atoms with van der Waals surface area (Å²) in [6, 6.07) is 7.05. The van der Waals surface area contributed by atoms with Gasteiger partial charge in [0.25, 0.3) is 0 Å². The predicted octanol–water partition coefficient (Wildman–Crippen LogP) is 2.61. The maximum Gasteiger partial charge on any atom is 0.123 e. The van der Waals surface area contributed by atoms with Gasteiger partial charge in [-0.05, 0) is 43.0 Å². The quantitative estimate of drug-likeness (QED) is 0.766. The molecule has 1 aromatic carbocycles. The lowest BCUT2D eigenvalue weighted by molar-refractivity contribution is 0.171. The van der Waals surface area contributed by atoms with Crippen molar-refractivity contribution in [1.29, 1.82) is 5.26 Å². The van der Waals surface area contributed by atoms with Crippen LogP contribution in [0.5, 0.6) is 0 Å². The van der Waals surface area contributed by atoms with Crippen LogP contribution in [-0.4, -0.2) is 13.2 Å². The Balaban J connectivity index is 2.26. The Hall–Kier alpha value is -1.40. The van der Waals surface area contributed by atoms with Gasteiger partial charge in [-0.25, -0.2) is 4.39 Å². The third-order valence-electron chi connectivity index (χ3n) is 3.18. The second kappa shape index (κ2) is 4.23. The van der Waals surface area contributed by atoms with Gasteiger partial charge in [0.1, 0.15) is 5.82 Å². The molecule has 0 radical (unpaired) electrons. The molecule has 0 saturated carbocycles. The van der Waals surface area contributed by atoms with Gasteiger partial charge in [-0.1, -0.05) is 6.07 Å². The molecule has 2 rings (SSSR count). The fourth-order valence-corrected chi connectivity index (χ4v) is 2.07. The van der Waals surface area contributed by atoms with E-state index in [1.807, 2.05) is 6.92 Å². The molecule has 0 bridgehead atoms. The van der Waals surface area contributed by atoms with Gasteiger partial charge < -0.3 is 4.74 Å². The highest BCUT2D eigenvalue weighted by molar-refractivity contribution is 5.29. The first kappa shape index (κ1) is 11.1. The highest BCUT2D eigenvalue weighted by atomic mass is 19.1. The Morgan fingerprint density at radius 1 is 1.56 bits per heavy atom. The van der Waals surface area contributed by atoms with Crippen LogP contribution in [0.1, 0.15) is 17.5 Å². The van der Waals surface area contributed by atoms with Gasteiger partial charge in [-0.15, -0.1) is 0 Å². The number of ether oxygens (including phenoxy) is 1. The normalized spacial score (nSPS) is 24.3. The van der Waals surface area contributed by atoms with E-state index in [-0.39, 0.29) is 5.82 Å². The Kier molecular flexibility index (Phi) is 2.93.